The quantitative estimate of drug-likeness (QED) is 0.0679. The van der Waals surface area contributed by atoms with E-state index in [0.717, 1.165) is 96.9 Å². The Balaban J connectivity index is 0.873. The molecule has 2 fully saturated rings. The highest BCUT2D eigenvalue weighted by molar-refractivity contribution is 7.81. The molecule has 2 aromatic rings. The lowest BCUT2D eigenvalue weighted by molar-refractivity contribution is -0.138. The number of nitrogens with one attached hydrogen (secondary N) is 2. The van der Waals surface area contributed by atoms with Crippen LogP contribution in [0.2, 0.25) is 0 Å². The molecule has 56 heavy (non-hydrogen) atoms. The molecular weight excluding hydrogens is 739 g/mol. The molecule has 308 valence electrons. The van der Waals surface area contributed by atoms with Crippen molar-refractivity contribution in [2.75, 3.05) is 84.5 Å². The summed E-state index contributed by atoms with van der Waals surface area (Å²) in [6.45, 7) is 8.58. The van der Waals surface area contributed by atoms with Crippen molar-refractivity contribution >= 4 is 71.2 Å². The van der Waals surface area contributed by atoms with Crippen molar-refractivity contribution in [3.8, 4) is 0 Å². The standard InChI is InChI=1S/C39H59N9O7S/c1-2-3-10-31-44-36-37(28-8-4-5-9-29(28)43-38(36)40)47(31)16-7-6-14-41-32(49)11-17-45-19-21-46(22-20-45)34(51)13-23-54-25-26-55-24-15-42-33(50)12-18-48-35(52)27-30(56)39(48)53/h8-9,30,56H,2-7,10-27H2,1H3,(H2,40,43)(H,41,49)(H,42,50). The molecule has 2 saturated heterocycles. The number of hydrogen-bond acceptors (Lipinski definition) is 12. The number of unbranched alkanes of at least 4 members (excludes halogenated alkanes) is 2. The molecule has 5 rings (SSSR count). The SMILES string of the molecule is CCCCc1nc2c(N)nc3c(c2n1CCCCNC(=O)CCN1CCN(C(=O)CCOCCOCCNC(=O)CCN2C(=O)CC(S)C2=O)CC1)=CCCC=3. The van der Waals surface area contributed by atoms with Crippen molar-refractivity contribution in [3.63, 3.8) is 0 Å². The third-order valence-electron chi connectivity index (χ3n) is 10.4. The topological polar surface area (TPSA) is 194 Å². The lowest BCUT2D eigenvalue weighted by Gasteiger charge is -2.34. The lowest BCUT2D eigenvalue weighted by atomic mass is 10.1. The summed E-state index contributed by atoms with van der Waals surface area (Å²) in [5.74, 6) is 0.706. The van der Waals surface area contributed by atoms with E-state index in [0.29, 0.717) is 71.4 Å². The van der Waals surface area contributed by atoms with Gasteiger partial charge < -0.3 is 35.3 Å². The van der Waals surface area contributed by atoms with E-state index in [9.17, 15) is 24.0 Å². The summed E-state index contributed by atoms with van der Waals surface area (Å²) in [7, 11) is 0. The zero-order valence-corrected chi connectivity index (χ0v) is 33.7. The molecule has 0 spiro atoms. The Morgan fingerprint density at radius 1 is 0.857 bits per heavy atom. The van der Waals surface area contributed by atoms with Crippen LogP contribution >= 0.6 is 12.6 Å². The Hall–Kier alpha value is -4.06. The Bertz CT molecular complexity index is 1810. The van der Waals surface area contributed by atoms with Crippen LogP contribution in [-0.2, 0) is 46.4 Å². The van der Waals surface area contributed by atoms with Crippen LogP contribution in [0.25, 0.3) is 23.2 Å². The number of thiol groups is 1. The number of piperazine rings is 1. The highest BCUT2D eigenvalue weighted by Gasteiger charge is 2.36. The highest BCUT2D eigenvalue weighted by atomic mass is 32.1. The number of imidazole rings is 1. The molecule has 16 nitrogen and oxygen atoms in total. The number of hydrogen-bond donors (Lipinski definition) is 4. The van der Waals surface area contributed by atoms with Gasteiger partial charge in [0.2, 0.25) is 29.5 Å². The lowest BCUT2D eigenvalue weighted by Crippen LogP contribution is -2.49. The number of pyridine rings is 1. The molecule has 1 aliphatic carbocycles. The monoisotopic (exact) mass is 797 g/mol. The molecule has 5 amide bonds. The van der Waals surface area contributed by atoms with Crippen LogP contribution in [0, 0.1) is 0 Å². The summed E-state index contributed by atoms with van der Waals surface area (Å²) in [5, 5.41) is 7.25. The van der Waals surface area contributed by atoms with Gasteiger partial charge in [-0.15, -0.1) is 0 Å². The summed E-state index contributed by atoms with van der Waals surface area (Å²) >= 11 is 4.07. The van der Waals surface area contributed by atoms with Gasteiger partial charge in [-0.2, -0.15) is 12.6 Å². The van der Waals surface area contributed by atoms with Crippen LogP contribution in [0.1, 0.15) is 77.0 Å². The fourth-order valence-electron chi connectivity index (χ4n) is 7.18. The minimum Gasteiger partial charge on any atom is -0.382 e. The zero-order chi connectivity index (χ0) is 39.9. The van der Waals surface area contributed by atoms with Crippen LogP contribution in [0.3, 0.4) is 0 Å². The average Bonchev–Trinajstić information content (AvgIpc) is 3.69. The van der Waals surface area contributed by atoms with Gasteiger partial charge in [-0.05, 0) is 32.1 Å². The van der Waals surface area contributed by atoms with Gasteiger partial charge in [0.25, 0.3) is 0 Å². The number of fused-ring (bicyclic) bond motifs is 3. The molecule has 0 bridgehead atoms. The normalized spacial score (nSPS) is 17.2. The van der Waals surface area contributed by atoms with Gasteiger partial charge in [0.15, 0.2) is 5.82 Å². The number of carbonyl (C=O) groups excluding carboxylic acids is 5. The minimum atomic E-state index is -0.620. The number of nitrogen functional groups attached to an aromatic ring is 1. The van der Waals surface area contributed by atoms with Crippen LogP contribution < -0.4 is 26.9 Å². The Morgan fingerprint density at radius 3 is 2.30 bits per heavy atom. The predicted molar refractivity (Wildman–Crippen MR) is 216 cm³/mol. The molecule has 3 aliphatic rings. The van der Waals surface area contributed by atoms with E-state index < -0.39 is 5.25 Å². The second kappa shape index (κ2) is 22.0. The van der Waals surface area contributed by atoms with Crippen molar-refractivity contribution in [1.82, 2.24) is 39.9 Å². The van der Waals surface area contributed by atoms with E-state index in [-0.39, 0.29) is 55.3 Å². The number of nitrogens with two attached hydrogens (primary N) is 1. The first-order valence-electron chi connectivity index (χ1n) is 20.2. The summed E-state index contributed by atoms with van der Waals surface area (Å²) in [4.78, 5) is 75.7. The first kappa shape index (κ1) is 43.1. The number of aromatic nitrogens is 3. The van der Waals surface area contributed by atoms with Crippen LogP contribution in [0.15, 0.2) is 0 Å². The molecule has 0 radical (unpaired) electrons. The number of nitrogens with zero attached hydrogens (tertiary/aromatic N) is 6. The first-order valence-corrected chi connectivity index (χ1v) is 20.7. The Morgan fingerprint density at radius 2 is 1.57 bits per heavy atom. The van der Waals surface area contributed by atoms with Crippen molar-refractivity contribution in [2.24, 2.45) is 0 Å². The summed E-state index contributed by atoms with van der Waals surface area (Å²) in [5.41, 5.74) is 8.24. The number of likely N-dealkylation sites (tertiary alicyclic amines) is 1. The number of aryl methyl sites for hydroxylation is 2. The number of imide groups is 1. The van der Waals surface area contributed by atoms with Gasteiger partial charge in [-0.25, -0.2) is 9.97 Å². The molecule has 2 aliphatic heterocycles. The summed E-state index contributed by atoms with van der Waals surface area (Å²) in [6.07, 6.45) is 12.0. The van der Waals surface area contributed by atoms with Crippen LogP contribution in [-0.4, -0.2) is 143 Å². The molecular formula is C39H59N9O7S. The van der Waals surface area contributed by atoms with E-state index in [1.807, 2.05) is 4.90 Å². The maximum absolute atomic E-state index is 12.7. The number of anilines is 1. The van der Waals surface area contributed by atoms with Crippen molar-refractivity contribution in [2.45, 2.75) is 89.3 Å². The van der Waals surface area contributed by atoms with Gasteiger partial charge in [-0.1, -0.05) is 25.5 Å². The van der Waals surface area contributed by atoms with Crippen molar-refractivity contribution in [1.29, 1.82) is 0 Å². The smallest absolute Gasteiger partial charge is 0.242 e. The number of rotatable bonds is 23. The molecule has 2 aromatic heterocycles. The largest absolute Gasteiger partial charge is 0.382 e. The van der Waals surface area contributed by atoms with E-state index in [4.69, 9.17) is 20.2 Å². The molecule has 0 saturated carbocycles. The third-order valence-corrected chi connectivity index (χ3v) is 10.8. The molecule has 1 atom stereocenters. The second-order valence-electron chi connectivity index (χ2n) is 14.5. The maximum atomic E-state index is 12.7. The molecule has 4 N–H and O–H groups in total. The van der Waals surface area contributed by atoms with Gasteiger partial charge in [0, 0.05) is 89.8 Å². The van der Waals surface area contributed by atoms with E-state index in [2.05, 4.69) is 56.8 Å². The Kier molecular flexibility index (Phi) is 16.9. The fraction of sp³-hybridized carbons (Fsp3) is 0.667. The fourth-order valence-corrected chi connectivity index (χ4v) is 7.48. The van der Waals surface area contributed by atoms with Crippen LogP contribution in [0.5, 0.6) is 0 Å². The molecule has 4 heterocycles. The van der Waals surface area contributed by atoms with Gasteiger partial charge in [0.1, 0.15) is 11.3 Å². The number of carbonyl (C=O) groups is 5. The first-order chi connectivity index (χ1) is 27.2. The van der Waals surface area contributed by atoms with Crippen molar-refractivity contribution in [3.05, 3.63) is 16.4 Å². The number of amides is 5. The summed E-state index contributed by atoms with van der Waals surface area (Å²) in [6, 6.07) is 0. The minimum absolute atomic E-state index is 0.0322. The van der Waals surface area contributed by atoms with Gasteiger partial charge in [-0.3, -0.25) is 33.8 Å². The van der Waals surface area contributed by atoms with Crippen LogP contribution in [0.4, 0.5) is 5.82 Å². The Labute approximate surface area is 334 Å². The second-order valence-corrected chi connectivity index (χ2v) is 15.1. The molecule has 0 aromatic carbocycles. The third kappa shape index (κ3) is 12.2. The predicted octanol–water partition coefficient (Wildman–Crippen LogP) is 0.129. The van der Waals surface area contributed by atoms with E-state index >= 15 is 0 Å². The zero-order valence-electron chi connectivity index (χ0n) is 32.8. The van der Waals surface area contributed by atoms with Crippen molar-refractivity contribution < 1.29 is 33.4 Å². The number of ether oxygens (including phenoxy) is 2. The maximum Gasteiger partial charge on any atom is 0.242 e. The van der Waals surface area contributed by atoms with Gasteiger partial charge in [0.05, 0.1) is 49.0 Å². The van der Waals surface area contributed by atoms with Gasteiger partial charge >= 0.3 is 0 Å². The van der Waals surface area contributed by atoms with E-state index in [1.165, 1.54) is 0 Å². The average molecular weight is 798 g/mol. The highest BCUT2D eigenvalue weighted by Crippen LogP contribution is 2.20. The molecule has 17 heteroatoms. The van der Waals surface area contributed by atoms with E-state index in [1.54, 1.807) is 0 Å². The molecule has 1 unspecified atom stereocenters. The summed E-state index contributed by atoms with van der Waals surface area (Å²) < 4.78 is 13.4.